The predicted molar refractivity (Wildman–Crippen MR) is 101 cm³/mol. The SMILES string of the molecule is COc1ccc(C(=O)N2CCC(Nc3ncccc3C#N)CC2)cc1OC. The number of likely N-dealkylation sites (tertiary alicyclic amines) is 1. The standard InChI is InChI=1S/C20H22N4O3/c1-26-17-6-5-14(12-18(17)27-2)20(25)24-10-7-16(8-11-24)23-19-15(13-21)4-3-9-22-19/h3-6,9,12,16H,7-8,10-11H2,1-2H3,(H,22,23). The summed E-state index contributed by atoms with van der Waals surface area (Å²) in [5.41, 5.74) is 1.11. The van der Waals surface area contributed by atoms with Gasteiger partial charge in [-0.15, -0.1) is 0 Å². The van der Waals surface area contributed by atoms with E-state index in [1.807, 2.05) is 4.90 Å². The van der Waals surface area contributed by atoms with E-state index in [0.717, 1.165) is 12.8 Å². The molecule has 0 saturated carbocycles. The Morgan fingerprint density at radius 1 is 1.22 bits per heavy atom. The van der Waals surface area contributed by atoms with Gasteiger partial charge in [-0.05, 0) is 43.2 Å². The number of carbonyl (C=O) groups is 1. The fraction of sp³-hybridized carbons (Fsp3) is 0.350. The molecule has 7 nitrogen and oxygen atoms in total. The second-order valence-electron chi connectivity index (χ2n) is 6.29. The molecule has 0 bridgehead atoms. The molecule has 1 amide bonds. The number of anilines is 1. The molecule has 7 heteroatoms. The molecule has 1 fully saturated rings. The van der Waals surface area contributed by atoms with Crippen LogP contribution in [0, 0.1) is 11.3 Å². The lowest BCUT2D eigenvalue weighted by atomic mass is 10.0. The number of hydrogen-bond donors (Lipinski definition) is 1. The lowest BCUT2D eigenvalue weighted by molar-refractivity contribution is 0.0718. The van der Waals surface area contributed by atoms with Crippen molar-refractivity contribution in [1.29, 1.82) is 5.26 Å². The largest absolute Gasteiger partial charge is 0.493 e. The van der Waals surface area contributed by atoms with Gasteiger partial charge in [-0.3, -0.25) is 4.79 Å². The van der Waals surface area contributed by atoms with E-state index in [1.165, 1.54) is 0 Å². The molecule has 1 aromatic heterocycles. The van der Waals surface area contributed by atoms with E-state index in [9.17, 15) is 4.79 Å². The van der Waals surface area contributed by atoms with Gasteiger partial charge < -0.3 is 19.7 Å². The van der Waals surface area contributed by atoms with Crippen LogP contribution in [0.5, 0.6) is 11.5 Å². The maximum atomic E-state index is 12.8. The van der Waals surface area contributed by atoms with E-state index in [-0.39, 0.29) is 11.9 Å². The molecule has 2 aromatic rings. The number of hydrogen-bond acceptors (Lipinski definition) is 6. The Balaban J connectivity index is 1.62. The minimum Gasteiger partial charge on any atom is -0.493 e. The summed E-state index contributed by atoms with van der Waals surface area (Å²) in [6.45, 7) is 1.28. The number of piperidine rings is 1. The number of pyridine rings is 1. The Kier molecular flexibility index (Phi) is 5.77. The van der Waals surface area contributed by atoms with E-state index in [1.54, 1.807) is 50.7 Å². The van der Waals surface area contributed by atoms with Crippen molar-refractivity contribution in [3.05, 3.63) is 47.7 Å². The molecule has 3 rings (SSSR count). The molecule has 0 aliphatic carbocycles. The molecular weight excluding hydrogens is 344 g/mol. The zero-order valence-corrected chi connectivity index (χ0v) is 15.4. The third-order valence-electron chi connectivity index (χ3n) is 4.68. The maximum Gasteiger partial charge on any atom is 0.253 e. The minimum atomic E-state index is -0.0232. The number of rotatable bonds is 5. The van der Waals surface area contributed by atoms with Gasteiger partial charge in [-0.25, -0.2) is 4.98 Å². The number of aromatic nitrogens is 1. The van der Waals surface area contributed by atoms with Gasteiger partial charge in [0.15, 0.2) is 11.5 Å². The van der Waals surface area contributed by atoms with Crippen LogP contribution in [0.25, 0.3) is 0 Å². The second-order valence-corrected chi connectivity index (χ2v) is 6.29. The monoisotopic (exact) mass is 366 g/mol. The number of methoxy groups -OCH3 is 2. The number of nitriles is 1. The molecule has 27 heavy (non-hydrogen) atoms. The lowest BCUT2D eigenvalue weighted by Crippen LogP contribution is -2.42. The minimum absolute atomic E-state index is 0.0232. The van der Waals surface area contributed by atoms with Crippen LogP contribution >= 0.6 is 0 Å². The van der Waals surface area contributed by atoms with Crippen molar-refractivity contribution in [1.82, 2.24) is 9.88 Å². The van der Waals surface area contributed by atoms with Crippen LogP contribution in [0.4, 0.5) is 5.82 Å². The highest BCUT2D eigenvalue weighted by atomic mass is 16.5. The molecule has 0 atom stereocenters. The van der Waals surface area contributed by atoms with Crippen LogP contribution < -0.4 is 14.8 Å². The molecular formula is C20H22N4O3. The first kappa shape index (κ1) is 18.5. The third kappa shape index (κ3) is 4.11. The summed E-state index contributed by atoms with van der Waals surface area (Å²) in [6.07, 6.45) is 3.25. The molecule has 140 valence electrons. The zero-order valence-electron chi connectivity index (χ0n) is 15.4. The van der Waals surface area contributed by atoms with E-state index >= 15 is 0 Å². The number of amides is 1. The summed E-state index contributed by atoms with van der Waals surface area (Å²) in [4.78, 5) is 18.9. The van der Waals surface area contributed by atoms with Gasteiger partial charge >= 0.3 is 0 Å². The van der Waals surface area contributed by atoms with Crippen molar-refractivity contribution in [2.75, 3.05) is 32.6 Å². The van der Waals surface area contributed by atoms with Gasteiger partial charge in [0, 0.05) is 30.9 Å². The van der Waals surface area contributed by atoms with E-state index in [0.29, 0.717) is 41.5 Å². The van der Waals surface area contributed by atoms with Crippen LogP contribution in [0.15, 0.2) is 36.5 Å². The number of nitrogens with one attached hydrogen (secondary N) is 1. The average molecular weight is 366 g/mol. The summed E-state index contributed by atoms with van der Waals surface area (Å²) >= 11 is 0. The summed E-state index contributed by atoms with van der Waals surface area (Å²) in [5, 5.41) is 12.5. The molecule has 0 unspecified atom stereocenters. The van der Waals surface area contributed by atoms with Gasteiger partial charge in [0.1, 0.15) is 11.9 Å². The van der Waals surface area contributed by atoms with Gasteiger partial charge in [-0.1, -0.05) is 0 Å². The molecule has 1 N–H and O–H groups in total. The predicted octanol–water partition coefficient (Wildman–Crippen LogP) is 2.69. The van der Waals surface area contributed by atoms with Crippen molar-refractivity contribution in [2.45, 2.75) is 18.9 Å². The number of carbonyl (C=O) groups excluding carboxylic acids is 1. The van der Waals surface area contributed by atoms with Crippen LogP contribution in [-0.4, -0.2) is 49.1 Å². The Labute approximate surface area is 158 Å². The summed E-state index contributed by atoms with van der Waals surface area (Å²) < 4.78 is 10.5. The maximum absolute atomic E-state index is 12.8. The normalized spacial score (nSPS) is 14.3. The van der Waals surface area contributed by atoms with Gasteiger partial charge in [-0.2, -0.15) is 5.26 Å². The van der Waals surface area contributed by atoms with Crippen LogP contribution in [0.2, 0.25) is 0 Å². The Morgan fingerprint density at radius 3 is 2.63 bits per heavy atom. The fourth-order valence-electron chi connectivity index (χ4n) is 3.18. The van der Waals surface area contributed by atoms with Crippen molar-refractivity contribution in [3.8, 4) is 17.6 Å². The van der Waals surface area contributed by atoms with Crippen molar-refractivity contribution < 1.29 is 14.3 Å². The smallest absolute Gasteiger partial charge is 0.253 e. The molecule has 0 spiro atoms. The third-order valence-corrected chi connectivity index (χ3v) is 4.68. The molecule has 2 heterocycles. The van der Waals surface area contributed by atoms with Crippen molar-refractivity contribution in [2.24, 2.45) is 0 Å². The topological polar surface area (TPSA) is 87.5 Å². The van der Waals surface area contributed by atoms with Gasteiger partial charge in [0.05, 0.1) is 19.8 Å². The second kappa shape index (κ2) is 8.41. The number of ether oxygens (including phenoxy) is 2. The zero-order chi connectivity index (χ0) is 19.2. The first-order valence-corrected chi connectivity index (χ1v) is 8.79. The van der Waals surface area contributed by atoms with Crippen LogP contribution in [-0.2, 0) is 0 Å². The number of nitrogens with zero attached hydrogens (tertiary/aromatic N) is 3. The quantitative estimate of drug-likeness (QED) is 0.875. The lowest BCUT2D eigenvalue weighted by Gasteiger charge is -2.33. The highest BCUT2D eigenvalue weighted by molar-refractivity contribution is 5.95. The van der Waals surface area contributed by atoms with E-state index < -0.39 is 0 Å². The molecule has 0 radical (unpaired) electrons. The van der Waals surface area contributed by atoms with Crippen LogP contribution in [0.3, 0.4) is 0 Å². The number of benzene rings is 1. The average Bonchev–Trinajstić information content (AvgIpc) is 2.73. The molecule has 1 aliphatic heterocycles. The van der Waals surface area contributed by atoms with Gasteiger partial charge in [0.25, 0.3) is 5.91 Å². The first-order valence-electron chi connectivity index (χ1n) is 8.79. The van der Waals surface area contributed by atoms with Gasteiger partial charge in [0.2, 0.25) is 0 Å². The highest BCUT2D eigenvalue weighted by Crippen LogP contribution is 2.28. The van der Waals surface area contributed by atoms with E-state index in [4.69, 9.17) is 14.7 Å². The Bertz CT molecular complexity index is 855. The molecule has 1 saturated heterocycles. The van der Waals surface area contributed by atoms with Crippen LogP contribution in [0.1, 0.15) is 28.8 Å². The van der Waals surface area contributed by atoms with E-state index in [2.05, 4.69) is 16.4 Å². The summed E-state index contributed by atoms with van der Waals surface area (Å²) in [7, 11) is 3.12. The summed E-state index contributed by atoms with van der Waals surface area (Å²) in [6, 6.07) is 11.0. The Hall–Kier alpha value is -3.27. The molecule has 1 aromatic carbocycles. The van der Waals surface area contributed by atoms with Crippen molar-refractivity contribution >= 4 is 11.7 Å². The molecule has 1 aliphatic rings. The summed E-state index contributed by atoms with van der Waals surface area (Å²) in [5.74, 6) is 1.72. The Morgan fingerprint density at radius 2 is 1.96 bits per heavy atom. The van der Waals surface area contributed by atoms with Crippen molar-refractivity contribution in [3.63, 3.8) is 0 Å². The fourth-order valence-corrected chi connectivity index (χ4v) is 3.18. The first-order chi connectivity index (χ1) is 13.2. The highest BCUT2D eigenvalue weighted by Gasteiger charge is 2.25.